The molecule has 1 aromatic rings. The van der Waals surface area contributed by atoms with Crippen molar-refractivity contribution in [2.24, 2.45) is 29.6 Å². The van der Waals surface area contributed by atoms with Crippen molar-refractivity contribution in [3.63, 3.8) is 0 Å². The van der Waals surface area contributed by atoms with Crippen LogP contribution in [0.15, 0.2) is 24.3 Å². The van der Waals surface area contributed by atoms with Crippen molar-refractivity contribution >= 4 is 11.6 Å². The van der Waals surface area contributed by atoms with Crippen LogP contribution in [0.1, 0.15) is 31.7 Å². The van der Waals surface area contributed by atoms with Crippen LogP contribution in [0.4, 0.5) is 5.69 Å². The molecule has 100 valence electrons. The summed E-state index contributed by atoms with van der Waals surface area (Å²) in [6.07, 6.45) is 5.20. The summed E-state index contributed by atoms with van der Waals surface area (Å²) in [7, 11) is 0. The number of benzene rings is 1. The molecule has 0 unspecified atom stereocenters. The number of aryl methyl sites for hydroxylation is 1. The summed E-state index contributed by atoms with van der Waals surface area (Å²) >= 11 is 0. The lowest BCUT2D eigenvalue weighted by Crippen LogP contribution is -2.18. The van der Waals surface area contributed by atoms with Gasteiger partial charge in [0, 0.05) is 11.6 Å². The van der Waals surface area contributed by atoms with E-state index in [9.17, 15) is 4.79 Å². The van der Waals surface area contributed by atoms with Crippen LogP contribution in [-0.4, -0.2) is 5.91 Å². The zero-order valence-corrected chi connectivity index (χ0v) is 11.4. The third-order valence-corrected chi connectivity index (χ3v) is 5.67. The molecule has 4 rings (SSSR count). The number of nitrogens with one attached hydrogen (secondary N) is 1. The van der Waals surface area contributed by atoms with Crippen LogP contribution in [0.3, 0.4) is 0 Å². The Morgan fingerprint density at radius 3 is 2.37 bits per heavy atom. The minimum atomic E-state index is 0.274. The number of carbonyl (C=O) groups is 1. The van der Waals surface area contributed by atoms with Gasteiger partial charge in [0.05, 0.1) is 0 Å². The highest BCUT2D eigenvalue weighted by atomic mass is 16.2. The summed E-state index contributed by atoms with van der Waals surface area (Å²) in [4.78, 5) is 12.4. The van der Waals surface area contributed by atoms with Gasteiger partial charge in [-0.2, -0.15) is 0 Å². The Kier molecular flexibility index (Phi) is 2.48. The zero-order valence-electron chi connectivity index (χ0n) is 11.4. The Hall–Kier alpha value is -1.31. The molecule has 1 N–H and O–H groups in total. The van der Waals surface area contributed by atoms with Crippen LogP contribution in [0, 0.1) is 29.6 Å². The first-order valence-electron chi connectivity index (χ1n) is 7.67. The fourth-order valence-corrected chi connectivity index (χ4v) is 4.72. The van der Waals surface area contributed by atoms with Crippen LogP contribution < -0.4 is 5.32 Å². The molecular weight excluding hydrogens is 234 g/mol. The predicted molar refractivity (Wildman–Crippen MR) is 75.8 cm³/mol. The second kappa shape index (κ2) is 4.09. The fourth-order valence-electron chi connectivity index (χ4n) is 4.72. The molecule has 2 heteroatoms. The maximum absolute atomic E-state index is 12.4. The van der Waals surface area contributed by atoms with Gasteiger partial charge in [-0.05, 0) is 67.1 Å². The molecule has 0 spiro atoms. The number of amides is 1. The van der Waals surface area contributed by atoms with Crippen molar-refractivity contribution in [2.75, 3.05) is 5.32 Å². The van der Waals surface area contributed by atoms with Gasteiger partial charge in [0.2, 0.25) is 5.91 Å². The maximum atomic E-state index is 12.4. The number of fused-ring (bicyclic) bond motifs is 5. The van der Waals surface area contributed by atoms with Gasteiger partial charge in [0.1, 0.15) is 0 Å². The Balaban J connectivity index is 1.42. The molecule has 3 aliphatic rings. The highest BCUT2D eigenvalue weighted by molar-refractivity contribution is 5.95. The minimum Gasteiger partial charge on any atom is -0.326 e. The molecule has 3 saturated carbocycles. The third-order valence-electron chi connectivity index (χ3n) is 5.67. The van der Waals surface area contributed by atoms with E-state index in [1.165, 1.54) is 24.8 Å². The van der Waals surface area contributed by atoms with E-state index in [2.05, 4.69) is 24.4 Å². The molecule has 2 nitrogen and oxygen atoms in total. The smallest absolute Gasteiger partial charge is 0.228 e. The number of rotatable bonds is 3. The molecule has 0 aliphatic heterocycles. The predicted octanol–water partition coefficient (Wildman–Crippen LogP) is 3.48. The minimum absolute atomic E-state index is 0.274. The van der Waals surface area contributed by atoms with Crippen LogP contribution in [-0.2, 0) is 11.2 Å². The average Bonchev–Trinajstić information content (AvgIpc) is 2.89. The van der Waals surface area contributed by atoms with Crippen molar-refractivity contribution in [3.05, 3.63) is 29.8 Å². The summed E-state index contributed by atoms with van der Waals surface area (Å²) in [5.41, 5.74) is 2.28. The van der Waals surface area contributed by atoms with Crippen molar-refractivity contribution in [2.45, 2.75) is 32.6 Å². The first-order valence-corrected chi connectivity index (χ1v) is 7.67. The molecule has 19 heavy (non-hydrogen) atoms. The molecule has 1 amide bonds. The lowest BCUT2D eigenvalue weighted by atomic mass is 10.0. The van der Waals surface area contributed by atoms with E-state index >= 15 is 0 Å². The molecule has 0 aromatic heterocycles. The fraction of sp³-hybridized carbons (Fsp3) is 0.588. The van der Waals surface area contributed by atoms with Crippen molar-refractivity contribution < 1.29 is 4.79 Å². The first kappa shape index (κ1) is 11.5. The van der Waals surface area contributed by atoms with Crippen LogP contribution in [0.25, 0.3) is 0 Å². The Morgan fingerprint density at radius 2 is 1.79 bits per heavy atom. The molecule has 0 heterocycles. The maximum Gasteiger partial charge on any atom is 0.228 e. The average molecular weight is 255 g/mol. The summed E-state index contributed by atoms with van der Waals surface area (Å²) in [6, 6.07) is 8.27. The molecule has 3 fully saturated rings. The van der Waals surface area contributed by atoms with Gasteiger partial charge in [-0.1, -0.05) is 19.1 Å². The number of hydrogen-bond donors (Lipinski definition) is 1. The quantitative estimate of drug-likeness (QED) is 0.880. The van der Waals surface area contributed by atoms with E-state index in [1.807, 2.05) is 12.1 Å². The lowest BCUT2D eigenvalue weighted by Gasteiger charge is -2.10. The van der Waals surface area contributed by atoms with Gasteiger partial charge < -0.3 is 5.32 Å². The highest BCUT2D eigenvalue weighted by Crippen LogP contribution is 2.69. The molecule has 1 aromatic carbocycles. The lowest BCUT2D eigenvalue weighted by molar-refractivity contribution is -0.118. The monoisotopic (exact) mass is 255 g/mol. The second-order valence-corrected chi connectivity index (χ2v) is 6.55. The number of hydrogen-bond acceptors (Lipinski definition) is 1. The zero-order chi connectivity index (χ0) is 13.0. The summed E-state index contributed by atoms with van der Waals surface area (Å²) in [6.45, 7) is 2.15. The molecule has 3 aliphatic carbocycles. The van der Waals surface area contributed by atoms with E-state index in [4.69, 9.17) is 0 Å². The largest absolute Gasteiger partial charge is 0.326 e. The van der Waals surface area contributed by atoms with Crippen molar-refractivity contribution in [3.8, 4) is 0 Å². The molecule has 0 radical (unpaired) electrons. The Labute approximate surface area is 114 Å². The standard InChI is InChI=1S/C17H21NO/c1-2-10-3-7-13(8-4-10)18-17(19)16-14-11-5-6-12(9-11)15(14)16/h3-4,7-8,11-12,14-16H,2,5-6,9H2,1H3,(H,18,19)/t11-,12-,14-,15-/m1/s1. The van der Waals surface area contributed by atoms with E-state index < -0.39 is 0 Å². The molecule has 2 bridgehead atoms. The van der Waals surface area contributed by atoms with Gasteiger partial charge in [-0.15, -0.1) is 0 Å². The van der Waals surface area contributed by atoms with Gasteiger partial charge in [-0.25, -0.2) is 0 Å². The number of anilines is 1. The Morgan fingerprint density at radius 1 is 1.16 bits per heavy atom. The van der Waals surface area contributed by atoms with Gasteiger partial charge >= 0.3 is 0 Å². The first-order chi connectivity index (χ1) is 9.28. The molecule has 0 saturated heterocycles. The van der Waals surface area contributed by atoms with Crippen molar-refractivity contribution in [1.82, 2.24) is 0 Å². The van der Waals surface area contributed by atoms with Crippen LogP contribution in [0.5, 0.6) is 0 Å². The van der Waals surface area contributed by atoms with Crippen LogP contribution >= 0.6 is 0 Å². The van der Waals surface area contributed by atoms with E-state index in [0.29, 0.717) is 5.92 Å². The van der Waals surface area contributed by atoms with Gasteiger partial charge in [0.25, 0.3) is 0 Å². The van der Waals surface area contributed by atoms with E-state index in [0.717, 1.165) is 35.8 Å². The summed E-state index contributed by atoms with van der Waals surface area (Å²) in [5.74, 6) is 3.80. The van der Waals surface area contributed by atoms with Gasteiger partial charge in [0.15, 0.2) is 0 Å². The highest BCUT2D eigenvalue weighted by Gasteiger charge is 2.67. The third kappa shape index (κ3) is 1.73. The molecule has 4 atom stereocenters. The SMILES string of the molecule is CCc1ccc(NC(=O)C2[C@@H]3[C@@H]4CC[C@H](C4)[C@@H]23)cc1. The number of carbonyl (C=O) groups excluding carboxylic acids is 1. The van der Waals surface area contributed by atoms with Crippen molar-refractivity contribution in [1.29, 1.82) is 0 Å². The Bertz CT molecular complexity index is 490. The normalized spacial score (nSPS) is 38.1. The van der Waals surface area contributed by atoms with E-state index in [-0.39, 0.29) is 5.91 Å². The van der Waals surface area contributed by atoms with E-state index in [1.54, 1.807) is 0 Å². The second-order valence-electron chi connectivity index (χ2n) is 6.55. The summed E-state index contributed by atoms with van der Waals surface area (Å²) < 4.78 is 0. The topological polar surface area (TPSA) is 29.1 Å². The van der Waals surface area contributed by atoms with Gasteiger partial charge in [-0.3, -0.25) is 4.79 Å². The molecular formula is C17H21NO. The summed E-state index contributed by atoms with van der Waals surface area (Å²) in [5, 5.41) is 3.11. The van der Waals surface area contributed by atoms with Crippen LogP contribution in [0.2, 0.25) is 0 Å².